The van der Waals surface area contributed by atoms with Gasteiger partial charge in [0.2, 0.25) is 0 Å². The van der Waals surface area contributed by atoms with Crippen LogP contribution in [0, 0.1) is 5.92 Å². The zero-order valence-corrected chi connectivity index (χ0v) is 13.1. The lowest BCUT2D eigenvalue weighted by molar-refractivity contribution is 0.0743. The molecule has 0 radical (unpaired) electrons. The first-order valence-electron chi connectivity index (χ1n) is 8.27. The SMILES string of the molecule is O=C(c1ccco1)N1C[C@@H]2CCCN(Cc3ccncc3)[C@@H]2C1. The maximum atomic E-state index is 12.5. The molecule has 0 spiro atoms. The molecule has 2 aliphatic heterocycles. The lowest BCUT2D eigenvalue weighted by Crippen LogP contribution is -2.44. The second-order valence-corrected chi connectivity index (χ2v) is 6.48. The van der Waals surface area contributed by atoms with Crippen LogP contribution < -0.4 is 0 Å². The molecule has 0 N–H and O–H groups in total. The first-order chi connectivity index (χ1) is 11.3. The van der Waals surface area contributed by atoms with Crippen LogP contribution in [0.25, 0.3) is 0 Å². The lowest BCUT2D eigenvalue weighted by Gasteiger charge is -2.36. The quantitative estimate of drug-likeness (QED) is 0.873. The summed E-state index contributed by atoms with van der Waals surface area (Å²) in [5.41, 5.74) is 1.29. The first-order valence-corrected chi connectivity index (χ1v) is 8.27. The number of hydrogen-bond donors (Lipinski definition) is 0. The van der Waals surface area contributed by atoms with Crippen LogP contribution in [0.15, 0.2) is 47.3 Å². The number of amides is 1. The van der Waals surface area contributed by atoms with Crippen LogP contribution in [-0.4, -0.2) is 46.4 Å². The number of pyridine rings is 1. The van der Waals surface area contributed by atoms with Gasteiger partial charge in [-0.2, -0.15) is 0 Å². The maximum absolute atomic E-state index is 12.5. The molecular formula is C18H21N3O2. The molecule has 0 bridgehead atoms. The number of furan rings is 1. The normalized spacial score (nSPS) is 24.6. The predicted octanol–water partition coefficient (Wildman–Crippen LogP) is 2.41. The zero-order chi connectivity index (χ0) is 15.6. The Labute approximate surface area is 135 Å². The number of hydrogen-bond acceptors (Lipinski definition) is 4. The second kappa shape index (κ2) is 6.16. The highest BCUT2D eigenvalue weighted by Gasteiger charge is 2.41. The third-order valence-corrected chi connectivity index (χ3v) is 5.05. The largest absolute Gasteiger partial charge is 0.459 e. The summed E-state index contributed by atoms with van der Waals surface area (Å²) < 4.78 is 5.27. The number of carbonyl (C=O) groups is 1. The third kappa shape index (κ3) is 2.88. The van der Waals surface area contributed by atoms with E-state index in [1.165, 1.54) is 18.4 Å². The molecule has 2 atom stereocenters. The number of carbonyl (C=O) groups excluding carboxylic acids is 1. The Morgan fingerprint density at radius 2 is 2.13 bits per heavy atom. The highest BCUT2D eigenvalue weighted by Crippen LogP contribution is 2.32. The number of aromatic nitrogens is 1. The van der Waals surface area contributed by atoms with E-state index < -0.39 is 0 Å². The minimum absolute atomic E-state index is 0.0215. The van der Waals surface area contributed by atoms with Gasteiger partial charge in [-0.05, 0) is 55.1 Å². The van der Waals surface area contributed by atoms with Gasteiger partial charge in [0.15, 0.2) is 5.76 Å². The van der Waals surface area contributed by atoms with Crippen molar-refractivity contribution in [1.82, 2.24) is 14.8 Å². The fourth-order valence-corrected chi connectivity index (χ4v) is 3.91. The van der Waals surface area contributed by atoms with Crippen LogP contribution >= 0.6 is 0 Å². The van der Waals surface area contributed by atoms with E-state index in [2.05, 4.69) is 22.0 Å². The number of rotatable bonds is 3. The van der Waals surface area contributed by atoms with E-state index in [1.54, 1.807) is 18.4 Å². The van der Waals surface area contributed by atoms with E-state index in [0.29, 0.717) is 17.7 Å². The van der Waals surface area contributed by atoms with E-state index in [0.717, 1.165) is 26.2 Å². The van der Waals surface area contributed by atoms with Crippen molar-refractivity contribution in [3.63, 3.8) is 0 Å². The number of nitrogens with zero attached hydrogens (tertiary/aromatic N) is 3. The molecule has 2 fully saturated rings. The van der Waals surface area contributed by atoms with E-state index in [1.807, 2.05) is 17.3 Å². The van der Waals surface area contributed by atoms with Gasteiger partial charge in [0.1, 0.15) is 0 Å². The van der Waals surface area contributed by atoms with Crippen molar-refractivity contribution in [1.29, 1.82) is 0 Å². The summed E-state index contributed by atoms with van der Waals surface area (Å²) in [6.07, 6.45) is 7.66. The molecule has 0 aromatic carbocycles. The molecule has 1 amide bonds. The van der Waals surface area contributed by atoms with E-state index >= 15 is 0 Å². The van der Waals surface area contributed by atoms with Crippen molar-refractivity contribution in [2.45, 2.75) is 25.4 Å². The molecule has 0 unspecified atom stereocenters. The lowest BCUT2D eigenvalue weighted by atomic mass is 9.92. The molecule has 0 saturated carbocycles. The first kappa shape index (κ1) is 14.5. The smallest absolute Gasteiger partial charge is 0.289 e. The van der Waals surface area contributed by atoms with Crippen molar-refractivity contribution in [3.05, 3.63) is 54.2 Å². The molecule has 23 heavy (non-hydrogen) atoms. The van der Waals surface area contributed by atoms with Crippen molar-refractivity contribution < 1.29 is 9.21 Å². The van der Waals surface area contributed by atoms with Crippen LogP contribution in [0.4, 0.5) is 0 Å². The molecule has 0 aliphatic carbocycles. The molecule has 2 saturated heterocycles. The average Bonchev–Trinajstić information content (AvgIpc) is 3.25. The van der Waals surface area contributed by atoms with Crippen LogP contribution in [0.3, 0.4) is 0 Å². The summed E-state index contributed by atoms with van der Waals surface area (Å²) in [5.74, 6) is 1.04. The number of fused-ring (bicyclic) bond motifs is 1. The average molecular weight is 311 g/mol. The highest BCUT2D eigenvalue weighted by molar-refractivity contribution is 5.91. The highest BCUT2D eigenvalue weighted by atomic mass is 16.3. The molecule has 5 nitrogen and oxygen atoms in total. The standard InChI is InChI=1S/C18H21N3O2/c22-18(17-4-2-10-23-17)21-12-15-3-1-9-20(16(15)13-21)11-14-5-7-19-8-6-14/h2,4-8,10,15-16H,1,3,9,11-13H2/t15-,16+/m0/s1. The Balaban J connectivity index is 1.47. The summed E-state index contributed by atoms with van der Waals surface area (Å²) in [5, 5.41) is 0. The fourth-order valence-electron chi connectivity index (χ4n) is 3.91. The van der Waals surface area contributed by atoms with Gasteiger partial charge in [0.05, 0.1) is 6.26 Å². The Kier molecular flexibility index (Phi) is 3.87. The van der Waals surface area contributed by atoms with Gasteiger partial charge >= 0.3 is 0 Å². The van der Waals surface area contributed by atoms with Gasteiger partial charge < -0.3 is 9.32 Å². The monoisotopic (exact) mass is 311 g/mol. The molecule has 4 heterocycles. The van der Waals surface area contributed by atoms with Crippen LogP contribution in [0.5, 0.6) is 0 Å². The predicted molar refractivity (Wildman–Crippen MR) is 85.8 cm³/mol. The van der Waals surface area contributed by atoms with Gasteiger partial charge in [-0.1, -0.05) is 0 Å². The minimum Gasteiger partial charge on any atom is -0.459 e. The molecule has 4 rings (SSSR count). The van der Waals surface area contributed by atoms with E-state index in [9.17, 15) is 4.79 Å². The van der Waals surface area contributed by atoms with Gasteiger partial charge in [-0.25, -0.2) is 0 Å². The molecule has 2 aromatic rings. The molecule has 5 heteroatoms. The molecular weight excluding hydrogens is 290 g/mol. The summed E-state index contributed by atoms with van der Waals surface area (Å²) in [4.78, 5) is 21.1. The van der Waals surface area contributed by atoms with Gasteiger partial charge in [0, 0.05) is 38.1 Å². The summed E-state index contributed by atoms with van der Waals surface area (Å²) in [7, 11) is 0. The summed E-state index contributed by atoms with van der Waals surface area (Å²) >= 11 is 0. The van der Waals surface area contributed by atoms with Crippen LogP contribution in [-0.2, 0) is 6.54 Å². The van der Waals surface area contributed by atoms with Crippen molar-refractivity contribution in [3.8, 4) is 0 Å². The Hall–Kier alpha value is -2.14. The third-order valence-electron chi connectivity index (χ3n) is 5.05. The summed E-state index contributed by atoms with van der Waals surface area (Å²) in [6.45, 7) is 3.69. The zero-order valence-electron chi connectivity index (χ0n) is 13.1. The van der Waals surface area contributed by atoms with Crippen molar-refractivity contribution in [2.75, 3.05) is 19.6 Å². The van der Waals surface area contributed by atoms with Gasteiger partial charge in [0.25, 0.3) is 5.91 Å². The topological polar surface area (TPSA) is 49.6 Å². The number of piperidine rings is 1. The fraction of sp³-hybridized carbons (Fsp3) is 0.444. The molecule has 120 valence electrons. The van der Waals surface area contributed by atoms with Crippen LogP contribution in [0.2, 0.25) is 0 Å². The number of likely N-dealkylation sites (tertiary alicyclic amines) is 2. The van der Waals surface area contributed by atoms with Gasteiger partial charge in [-0.3, -0.25) is 14.7 Å². The molecule has 2 aromatic heterocycles. The summed E-state index contributed by atoms with van der Waals surface area (Å²) in [6, 6.07) is 8.12. The maximum Gasteiger partial charge on any atom is 0.289 e. The second-order valence-electron chi connectivity index (χ2n) is 6.48. The van der Waals surface area contributed by atoms with E-state index in [-0.39, 0.29) is 5.91 Å². The Morgan fingerprint density at radius 3 is 2.91 bits per heavy atom. The minimum atomic E-state index is 0.0215. The van der Waals surface area contributed by atoms with Gasteiger partial charge in [-0.15, -0.1) is 0 Å². The Morgan fingerprint density at radius 1 is 1.26 bits per heavy atom. The Bertz CT molecular complexity index is 656. The molecule has 2 aliphatic rings. The van der Waals surface area contributed by atoms with Crippen molar-refractivity contribution in [2.24, 2.45) is 5.92 Å². The van der Waals surface area contributed by atoms with Crippen LogP contribution in [0.1, 0.15) is 29.0 Å². The van der Waals surface area contributed by atoms with E-state index in [4.69, 9.17) is 4.42 Å². The van der Waals surface area contributed by atoms with Crippen molar-refractivity contribution >= 4 is 5.91 Å².